The molecule has 1 aromatic carbocycles. The second-order valence-electron chi connectivity index (χ2n) is 5.02. The van der Waals surface area contributed by atoms with E-state index in [4.69, 9.17) is 16.4 Å². The highest BCUT2D eigenvalue weighted by atomic mass is 35.5. The van der Waals surface area contributed by atoms with E-state index in [-0.39, 0.29) is 10.6 Å². The number of likely N-dealkylation sites (tertiary alicyclic amines) is 1. The fourth-order valence-electron chi connectivity index (χ4n) is 2.14. The number of Topliss-reactive ketones (excluding diaryl/α,β-unsaturated/α-hetero) is 1. The summed E-state index contributed by atoms with van der Waals surface area (Å²) in [6.45, 7) is 2.69. The summed E-state index contributed by atoms with van der Waals surface area (Å²) in [6.07, 6.45) is 1.40. The molecular formula is C15H19ClFNO3. The summed E-state index contributed by atoms with van der Waals surface area (Å²) in [7, 11) is 1.92. The third kappa shape index (κ3) is 4.59. The highest BCUT2D eigenvalue weighted by molar-refractivity contribution is 6.30. The minimum absolute atomic E-state index is 0.0912. The monoisotopic (exact) mass is 315 g/mol. The number of piperidine rings is 1. The zero-order valence-electron chi connectivity index (χ0n) is 12.1. The van der Waals surface area contributed by atoms with Gasteiger partial charge in [0.2, 0.25) is 0 Å². The Balaban J connectivity index is 0.000000677. The molecule has 1 aromatic rings. The van der Waals surface area contributed by atoms with Crippen LogP contribution in [0.3, 0.4) is 0 Å². The number of hydrogen-bond acceptors (Lipinski definition) is 4. The quantitative estimate of drug-likeness (QED) is 0.672. The Labute approximate surface area is 128 Å². The van der Waals surface area contributed by atoms with Gasteiger partial charge in [0.15, 0.2) is 5.78 Å². The number of aliphatic hydroxyl groups is 1. The number of carbonyl (C=O) groups is 2. The molecule has 0 saturated carbocycles. The highest BCUT2D eigenvalue weighted by Crippen LogP contribution is 2.27. The van der Waals surface area contributed by atoms with Crippen molar-refractivity contribution in [2.24, 2.45) is 0 Å². The van der Waals surface area contributed by atoms with E-state index in [2.05, 4.69) is 0 Å². The van der Waals surface area contributed by atoms with Gasteiger partial charge < -0.3 is 14.8 Å². The second-order valence-corrected chi connectivity index (χ2v) is 5.46. The largest absolute Gasteiger partial charge is 0.382 e. The van der Waals surface area contributed by atoms with Crippen molar-refractivity contribution in [1.82, 2.24) is 4.90 Å². The van der Waals surface area contributed by atoms with Gasteiger partial charge in [-0.15, -0.1) is 0 Å². The molecule has 0 unspecified atom stereocenters. The first-order valence-corrected chi connectivity index (χ1v) is 7.02. The van der Waals surface area contributed by atoms with Crippen molar-refractivity contribution in [3.8, 4) is 0 Å². The molecule has 0 spiro atoms. The summed E-state index contributed by atoms with van der Waals surface area (Å²) < 4.78 is 13.7. The van der Waals surface area contributed by atoms with E-state index in [0.717, 1.165) is 12.4 Å². The minimum atomic E-state index is -1.46. The third-order valence-corrected chi connectivity index (χ3v) is 3.65. The van der Waals surface area contributed by atoms with Crippen molar-refractivity contribution >= 4 is 23.7 Å². The molecule has 0 aromatic heterocycles. The van der Waals surface area contributed by atoms with Crippen molar-refractivity contribution in [2.45, 2.75) is 25.4 Å². The van der Waals surface area contributed by atoms with E-state index in [0.29, 0.717) is 25.9 Å². The molecule has 0 bridgehead atoms. The van der Waals surface area contributed by atoms with Crippen LogP contribution in [0.15, 0.2) is 18.2 Å². The molecule has 0 aliphatic carbocycles. The fourth-order valence-corrected chi connectivity index (χ4v) is 2.30. The summed E-state index contributed by atoms with van der Waals surface area (Å²) in [5.41, 5.74) is -1.55. The molecule has 1 fully saturated rings. The number of nitrogens with zero attached hydrogens (tertiary/aromatic N) is 1. The summed E-state index contributed by atoms with van der Waals surface area (Å²) in [4.78, 5) is 23.0. The van der Waals surface area contributed by atoms with E-state index < -0.39 is 17.2 Å². The normalized spacial score (nSPS) is 17.6. The molecule has 116 valence electrons. The molecular weight excluding hydrogens is 297 g/mol. The molecule has 0 atom stereocenters. The smallest absolute Gasteiger partial charge is 0.197 e. The van der Waals surface area contributed by atoms with E-state index in [9.17, 15) is 14.3 Å². The van der Waals surface area contributed by atoms with Gasteiger partial charge in [-0.2, -0.15) is 0 Å². The number of hydrogen-bond donors (Lipinski definition) is 1. The lowest BCUT2D eigenvalue weighted by Gasteiger charge is -2.35. The van der Waals surface area contributed by atoms with Gasteiger partial charge in [0.1, 0.15) is 17.7 Å². The molecule has 2 rings (SSSR count). The van der Waals surface area contributed by atoms with Crippen LogP contribution in [0.1, 0.15) is 30.1 Å². The van der Waals surface area contributed by atoms with Gasteiger partial charge >= 0.3 is 0 Å². The predicted octanol–water partition coefficient (Wildman–Crippen LogP) is 2.32. The van der Waals surface area contributed by atoms with Gasteiger partial charge in [0, 0.05) is 18.1 Å². The number of ketones is 1. The Hall–Kier alpha value is -1.30. The SMILES string of the molecule is CC=O.CN1CCC(O)(C(=O)c2ccc(Cl)cc2F)CC1. The first-order chi connectivity index (χ1) is 9.84. The van der Waals surface area contributed by atoms with E-state index >= 15 is 0 Å². The van der Waals surface area contributed by atoms with Crippen molar-refractivity contribution in [3.63, 3.8) is 0 Å². The summed E-state index contributed by atoms with van der Waals surface area (Å²) in [5.74, 6) is -1.23. The Morgan fingerprint density at radius 1 is 1.43 bits per heavy atom. The van der Waals surface area contributed by atoms with Crippen LogP contribution in [-0.4, -0.2) is 47.8 Å². The van der Waals surface area contributed by atoms with E-state index in [1.54, 1.807) is 0 Å². The van der Waals surface area contributed by atoms with Crippen molar-refractivity contribution in [3.05, 3.63) is 34.6 Å². The van der Waals surface area contributed by atoms with Gasteiger partial charge in [0.05, 0.1) is 5.56 Å². The van der Waals surface area contributed by atoms with E-state index in [1.165, 1.54) is 19.1 Å². The van der Waals surface area contributed by atoms with Gasteiger partial charge in [-0.1, -0.05) is 11.6 Å². The summed E-state index contributed by atoms with van der Waals surface area (Å²) in [6, 6.07) is 3.87. The molecule has 1 aliphatic rings. The molecule has 21 heavy (non-hydrogen) atoms. The zero-order chi connectivity index (χ0) is 16.0. The maximum Gasteiger partial charge on any atom is 0.197 e. The number of rotatable bonds is 2. The van der Waals surface area contributed by atoms with Gasteiger partial charge in [0.25, 0.3) is 0 Å². The van der Waals surface area contributed by atoms with Crippen LogP contribution in [0.25, 0.3) is 0 Å². The first kappa shape index (κ1) is 17.8. The van der Waals surface area contributed by atoms with Gasteiger partial charge in [-0.3, -0.25) is 4.79 Å². The molecule has 1 saturated heterocycles. The van der Waals surface area contributed by atoms with Crippen LogP contribution in [0.2, 0.25) is 5.02 Å². The highest BCUT2D eigenvalue weighted by Gasteiger charge is 2.39. The Bertz CT molecular complexity index is 514. The average Bonchev–Trinajstić information content (AvgIpc) is 2.43. The number of aldehydes is 1. The van der Waals surface area contributed by atoms with Crippen LogP contribution in [-0.2, 0) is 4.79 Å². The Morgan fingerprint density at radius 2 is 1.95 bits per heavy atom. The molecule has 0 radical (unpaired) electrons. The number of benzene rings is 1. The lowest BCUT2D eigenvalue weighted by Crippen LogP contribution is -2.48. The molecule has 4 nitrogen and oxygen atoms in total. The third-order valence-electron chi connectivity index (χ3n) is 3.41. The van der Waals surface area contributed by atoms with Gasteiger partial charge in [-0.25, -0.2) is 4.39 Å². The van der Waals surface area contributed by atoms with Crippen molar-refractivity contribution in [1.29, 1.82) is 0 Å². The number of carbonyl (C=O) groups excluding carboxylic acids is 2. The molecule has 0 amide bonds. The first-order valence-electron chi connectivity index (χ1n) is 6.64. The number of halogens is 2. The predicted molar refractivity (Wildman–Crippen MR) is 79.2 cm³/mol. The Kier molecular flexibility index (Phi) is 6.45. The standard InChI is InChI=1S/C13H15ClFNO2.C2H4O/c1-16-6-4-13(18,5-7-16)12(17)10-3-2-9(14)8-11(10)15;1-2-3/h2-3,8,18H,4-7H2,1H3;2H,1H3. The van der Waals surface area contributed by atoms with Crippen molar-refractivity contribution < 1.29 is 19.1 Å². The average molecular weight is 316 g/mol. The van der Waals surface area contributed by atoms with Gasteiger partial charge in [-0.05, 0) is 45.0 Å². The lowest BCUT2D eigenvalue weighted by molar-refractivity contribution is -0.106. The zero-order valence-corrected chi connectivity index (χ0v) is 12.9. The van der Waals surface area contributed by atoms with Crippen LogP contribution in [0.4, 0.5) is 4.39 Å². The Morgan fingerprint density at radius 3 is 2.43 bits per heavy atom. The molecule has 6 heteroatoms. The molecule has 1 aliphatic heterocycles. The summed E-state index contributed by atoms with van der Waals surface area (Å²) >= 11 is 5.64. The minimum Gasteiger partial charge on any atom is -0.382 e. The van der Waals surface area contributed by atoms with Crippen LogP contribution in [0, 0.1) is 5.82 Å². The van der Waals surface area contributed by atoms with Crippen LogP contribution >= 0.6 is 11.6 Å². The van der Waals surface area contributed by atoms with Crippen LogP contribution < -0.4 is 0 Å². The maximum absolute atomic E-state index is 13.7. The van der Waals surface area contributed by atoms with Crippen LogP contribution in [0.5, 0.6) is 0 Å². The lowest BCUT2D eigenvalue weighted by atomic mass is 9.84. The maximum atomic E-state index is 13.7. The second kappa shape index (κ2) is 7.64. The van der Waals surface area contributed by atoms with E-state index in [1.807, 2.05) is 11.9 Å². The molecule has 1 N–H and O–H groups in total. The summed E-state index contributed by atoms with van der Waals surface area (Å²) in [5, 5.41) is 10.6. The topological polar surface area (TPSA) is 57.6 Å². The van der Waals surface area contributed by atoms with Crippen molar-refractivity contribution in [2.75, 3.05) is 20.1 Å². The molecule has 1 heterocycles. The fraction of sp³-hybridized carbons (Fsp3) is 0.467.